The zero-order valence-corrected chi connectivity index (χ0v) is 14.5. The smallest absolute Gasteiger partial charge is 0.230 e. The average molecular weight is 346 g/mol. The van der Waals surface area contributed by atoms with Crippen molar-refractivity contribution in [2.75, 3.05) is 5.75 Å². The second-order valence-corrected chi connectivity index (χ2v) is 7.26. The molecule has 2 aromatic rings. The number of benzene rings is 2. The van der Waals surface area contributed by atoms with Crippen molar-refractivity contribution in [3.8, 4) is 0 Å². The predicted octanol–water partition coefficient (Wildman–Crippen LogP) is 4.77. The van der Waals surface area contributed by atoms with Crippen LogP contribution in [-0.4, -0.2) is 11.7 Å². The molecule has 0 radical (unpaired) electrons. The first-order chi connectivity index (χ1) is 11.2. The van der Waals surface area contributed by atoms with Gasteiger partial charge in [-0.2, -0.15) is 0 Å². The molecular formula is C19H20ClNOS. The highest BCUT2D eigenvalue weighted by Crippen LogP contribution is 2.29. The Hall–Kier alpha value is -1.45. The Morgan fingerprint density at radius 2 is 2.09 bits per heavy atom. The molecule has 0 saturated heterocycles. The van der Waals surface area contributed by atoms with Crippen LogP contribution in [0.5, 0.6) is 0 Å². The van der Waals surface area contributed by atoms with E-state index in [0.717, 1.165) is 35.6 Å². The Balaban J connectivity index is 1.50. The number of halogens is 1. The van der Waals surface area contributed by atoms with Crippen LogP contribution in [0.15, 0.2) is 48.5 Å². The van der Waals surface area contributed by atoms with Gasteiger partial charge in [0.25, 0.3) is 0 Å². The summed E-state index contributed by atoms with van der Waals surface area (Å²) in [6.07, 6.45) is 3.28. The van der Waals surface area contributed by atoms with Crippen molar-refractivity contribution in [1.29, 1.82) is 0 Å². The number of rotatable bonds is 5. The molecule has 2 aromatic carbocycles. The van der Waals surface area contributed by atoms with Crippen molar-refractivity contribution in [3.63, 3.8) is 0 Å². The van der Waals surface area contributed by atoms with Gasteiger partial charge in [0.15, 0.2) is 0 Å². The van der Waals surface area contributed by atoms with Crippen LogP contribution in [0, 0.1) is 0 Å². The van der Waals surface area contributed by atoms with Crippen LogP contribution < -0.4 is 5.32 Å². The van der Waals surface area contributed by atoms with Crippen LogP contribution in [0.1, 0.15) is 35.6 Å². The maximum atomic E-state index is 12.2. The SMILES string of the molecule is O=C(CSCc1cccc(Cl)c1)N[C@@H]1CCCc2ccccc21. The molecule has 0 unspecified atom stereocenters. The van der Waals surface area contributed by atoms with E-state index in [2.05, 4.69) is 29.6 Å². The minimum atomic E-state index is 0.110. The average Bonchev–Trinajstić information content (AvgIpc) is 2.55. The first-order valence-corrected chi connectivity index (χ1v) is 9.45. The van der Waals surface area contributed by atoms with E-state index in [1.54, 1.807) is 11.8 Å². The second-order valence-electron chi connectivity index (χ2n) is 5.83. The number of fused-ring (bicyclic) bond motifs is 1. The molecule has 1 aliphatic rings. The summed E-state index contributed by atoms with van der Waals surface area (Å²) in [6, 6.07) is 16.4. The predicted molar refractivity (Wildman–Crippen MR) is 97.9 cm³/mol. The lowest BCUT2D eigenvalue weighted by Crippen LogP contribution is -2.32. The van der Waals surface area contributed by atoms with Crippen molar-refractivity contribution < 1.29 is 4.79 Å². The number of hydrogen-bond donors (Lipinski definition) is 1. The first kappa shape index (κ1) is 16.4. The molecule has 1 aliphatic carbocycles. The topological polar surface area (TPSA) is 29.1 Å². The van der Waals surface area contributed by atoms with Crippen LogP contribution in [0.4, 0.5) is 0 Å². The van der Waals surface area contributed by atoms with E-state index in [9.17, 15) is 4.79 Å². The molecule has 1 atom stereocenters. The van der Waals surface area contributed by atoms with Crippen LogP contribution in [-0.2, 0) is 17.0 Å². The fraction of sp³-hybridized carbons (Fsp3) is 0.316. The zero-order valence-electron chi connectivity index (χ0n) is 12.9. The molecular weight excluding hydrogens is 326 g/mol. The van der Waals surface area contributed by atoms with E-state index in [-0.39, 0.29) is 11.9 Å². The van der Waals surface area contributed by atoms with E-state index in [4.69, 9.17) is 11.6 Å². The summed E-state index contributed by atoms with van der Waals surface area (Å²) in [5, 5.41) is 3.93. The van der Waals surface area contributed by atoms with Crippen molar-refractivity contribution >= 4 is 29.3 Å². The summed E-state index contributed by atoms with van der Waals surface area (Å²) in [4.78, 5) is 12.2. The minimum Gasteiger partial charge on any atom is -0.349 e. The molecule has 0 heterocycles. The van der Waals surface area contributed by atoms with Gasteiger partial charge in [-0.25, -0.2) is 0 Å². The molecule has 3 rings (SSSR count). The summed E-state index contributed by atoms with van der Waals surface area (Å²) in [5.74, 6) is 1.39. The molecule has 2 nitrogen and oxygen atoms in total. The molecule has 23 heavy (non-hydrogen) atoms. The van der Waals surface area contributed by atoms with Gasteiger partial charge in [-0.15, -0.1) is 11.8 Å². The Labute approximate surface area is 146 Å². The van der Waals surface area contributed by atoms with Gasteiger partial charge in [0.2, 0.25) is 5.91 Å². The lowest BCUT2D eigenvalue weighted by atomic mass is 9.88. The largest absolute Gasteiger partial charge is 0.349 e. The standard InChI is InChI=1S/C19H20ClNOS/c20-16-8-3-5-14(11-16)12-23-13-19(22)21-18-10-4-7-15-6-1-2-9-17(15)18/h1-3,5-6,8-9,11,18H,4,7,10,12-13H2,(H,21,22)/t18-/m1/s1. The lowest BCUT2D eigenvalue weighted by Gasteiger charge is -2.26. The molecule has 0 spiro atoms. The summed E-state index contributed by atoms with van der Waals surface area (Å²) in [5.41, 5.74) is 3.81. The van der Waals surface area contributed by atoms with Crippen LogP contribution in [0.2, 0.25) is 5.02 Å². The van der Waals surface area contributed by atoms with Crippen molar-refractivity contribution in [2.45, 2.75) is 31.1 Å². The molecule has 1 N–H and O–H groups in total. The fourth-order valence-electron chi connectivity index (χ4n) is 3.03. The van der Waals surface area contributed by atoms with E-state index in [0.29, 0.717) is 5.75 Å². The third-order valence-corrected chi connectivity index (χ3v) is 5.33. The monoisotopic (exact) mass is 345 g/mol. The molecule has 4 heteroatoms. The number of carbonyl (C=O) groups is 1. The third kappa shape index (κ3) is 4.52. The first-order valence-electron chi connectivity index (χ1n) is 7.92. The highest BCUT2D eigenvalue weighted by atomic mass is 35.5. The normalized spacial score (nSPS) is 16.7. The highest BCUT2D eigenvalue weighted by Gasteiger charge is 2.21. The van der Waals surface area contributed by atoms with Gasteiger partial charge in [0, 0.05) is 10.8 Å². The Morgan fingerprint density at radius 1 is 1.22 bits per heavy atom. The number of hydrogen-bond acceptors (Lipinski definition) is 2. The minimum absolute atomic E-state index is 0.110. The van der Waals surface area contributed by atoms with Gasteiger partial charge < -0.3 is 5.32 Å². The van der Waals surface area contributed by atoms with E-state index in [1.807, 2.05) is 24.3 Å². The summed E-state index contributed by atoms with van der Waals surface area (Å²) in [7, 11) is 0. The number of aryl methyl sites for hydroxylation is 1. The lowest BCUT2D eigenvalue weighted by molar-refractivity contribution is -0.119. The fourth-order valence-corrected chi connectivity index (χ4v) is 4.03. The van der Waals surface area contributed by atoms with Crippen molar-refractivity contribution in [1.82, 2.24) is 5.32 Å². The summed E-state index contributed by atoms with van der Waals surface area (Å²) >= 11 is 7.60. The van der Waals surface area contributed by atoms with Crippen molar-refractivity contribution in [2.24, 2.45) is 0 Å². The van der Waals surface area contributed by atoms with E-state index in [1.165, 1.54) is 11.1 Å². The Kier molecular flexibility index (Phi) is 5.63. The summed E-state index contributed by atoms with van der Waals surface area (Å²) < 4.78 is 0. The Bertz CT molecular complexity index is 689. The molecule has 0 saturated carbocycles. The van der Waals surface area contributed by atoms with E-state index >= 15 is 0 Å². The van der Waals surface area contributed by atoms with Crippen molar-refractivity contribution in [3.05, 3.63) is 70.2 Å². The molecule has 0 bridgehead atoms. The molecule has 0 aromatic heterocycles. The number of nitrogens with one attached hydrogen (secondary N) is 1. The van der Waals surface area contributed by atoms with Crippen LogP contribution >= 0.6 is 23.4 Å². The van der Waals surface area contributed by atoms with Crippen LogP contribution in [0.3, 0.4) is 0 Å². The molecule has 1 amide bonds. The van der Waals surface area contributed by atoms with Gasteiger partial charge in [-0.1, -0.05) is 48.0 Å². The second kappa shape index (κ2) is 7.89. The molecule has 0 fully saturated rings. The number of thioether (sulfide) groups is 1. The number of carbonyl (C=O) groups excluding carboxylic acids is 1. The van der Waals surface area contributed by atoms with Gasteiger partial charge in [-0.3, -0.25) is 4.79 Å². The molecule has 120 valence electrons. The van der Waals surface area contributed by atoms with Gasteiger partial charge in [0.1, 0.15) is 0 Å². The highest BCUT2D eigenvalue weighted by molar-refractivity contribution is 7.99. The van der Waals surface area contributed by atoms with Gasteiger partial charge in [-0.05, 0) is 48.1 Å². The Morgan fingerprint density at radius 3 is 2.96 bits per heavy atom. The maximum absolute atomic E-state index is 12.2. The van der Waals surface area contributed by atoms with Crippen LogP contribution in [0.25, 0.3) is 0 Å². The quantitative estimate of drug-likeness (QED) is 0.845. The maximum Gasteiger partial charge on any atom is 0.230 e. The molecule has 0 aliphatic heterocycles. The van der Waals surface area contributed by atoms with Gasteiger partial charge >= 0.3 is 0 Å². The van der Waals surface area contributed by atoms with Gasteiger partial charge in [0.05, 0.1) is 11.8 Å². The third-order valence-electron chi connectivity index (χ3n) is 4.10. The zero-order chi connectivity index (χ0) is 16.1. The summed E-state index contributed by atoms with van der Waals surface area (Å²) in [6.45, 7) is 0. The van der Waals surface area contributed by atoms with E-state index < -0.39 is 0 Å². The number of amides is 1.